The Balaban J connectivity index is 1.83. The Kier molecular flexibility index (Phi) is 8.27. The van der Waals surface area contributed by atoms with Crippen molar-refractivity contribution in [3.8, 4) is 0 Å². The van der Waals surface area contributed by atoms with Crippen molar-refractivity contribution in [3.05, 3.63) is 81.4 Å². The van der Waals surface area contributed by atoms with Gasteiger partial charge in [0.05, 0.1) is 6.61 Å². The van der Waals surface area contributed by atoms with Crippen LogP contribution in [0, 0.1) is 0 Å². The molecule has 0 aliphatic heterocycles. The lowest BCUT2D eigenvalue weighted by molar-refractivity contribution is -0.149. The van der Waals surface area contributed by atoms with Crippen molar-refractivity contribution in [2.75, 3.05) is 6.61 Å². The fourth-order valence-electron chi connectivity index (χ4n) is 3.39. The standard InChI is InChI=1S/C25H26Cl2N2O4/c1-4-32-24(31)25(2,3)23-28-22(29-33-23)18(13-16-5-9-19(26)10-6-16)15-21(30)14-17-7-11-20(27)12-8-17/h5-12,18H,4,13-15H2,1-3H3/t18-/m1/s1. The minimum absolute atomic E-state index is 0.0345. The van der Waals surface area contributed by atoms with Crippen LogP contribution in [0.3, 0.4) is 0 Å². The maximum Gasteiger partial charge on any atom is 0.321 e. The van der Waals surface area contributed by atoms with E-state index < -0.39 is 11.4 Å². The van der Waals surface area contributed by atoms with Crippen molar-refractivity contribution in [1.82, 2.24) is 10.1 Å². The Hall–Kier alpha value is -2.70. The van der Waals surface area contributed by atoms with Gasteiger partial charge in [-0.05, 0) is 62.6 Å². The first-order chi connectivity index (χ1) is 15.7. The van der Waals surface area contributed by atoms with Gasteiger partial charge in [-0.25, -0.2) is 0 Å². The molecule has 3 rings (SSSR count). The van der Waals surface area contributed by atoms with E-state index in [4.69, 9.17) is 32.5 Å². The van der Waals surface area contributed by atoms with Crippen LogP contribution in [0.4, 0.5) is 0 Å². The average molecular weight is 489 g/mol. The third-order valence-electron chi connectivity index (χ3n) is 5.31. The fraction of sp³-hybridized carbons (Fsp3) is 0.360. The molecule has 174 valence electrons. The Morgan fingerprint density at radius 1 is 1.00 bits per heavy atom. The van der Waals surface area contributed by atoms with E-state index >= 15 is 0 Å². The predicted molar refractivity (Wildman–Crippen MR) is 127 cm³/mol. The number of rotatable bonds is 10. The number of Topliss-reactive ketones (excluding diaryl/α,β-unsaturated/α-hetero) is 1. The zero-order chi connectivity index (χ0) is 24.0. The summed E-state index contributed by atoms with van der Waals surface area (Å²) >= 11 is 12.0. The van der Waals surface area contributed by atoms with Crippen LogP contribution in [-0.4, -0.2) is 28.5 Å². The molecule has 0 saturated carbocycles. The van der Waals surface area contributed by atoms with Gasteiger partial charge in [0.2, 0.25) is 5.89 Å². The van der Waals surface area contributed by atoms with Gasteiger partial charge in [-0.1, -0.05) is 52.6 Å². The highest BCUT2D eigenvalue weighted by Crippen LogP contribution is 2.29. The molecule has 1 heterocycles. The Morgan fingerprint density at radius 3 is 2.15 bits per heavy atom. The zero-order valence-electron chi connectivity index (χ0n) is 18.8. The molecule has 0 aliphatic rings. The summed E-state index contributed by atoms with van der Waals surface area (Å²) in [5.41, 5.74) is 0.769. The predicted octanol–water partition coefficient (Wildman–Crippen LogP) is 5.75. The second kappa shape index (κ2) is 10.9. The van der Waals surface area contributed by atoms with Gasteiger partial charge in [0.25, 0.3) is 0 Å². The molecule has 0 amide bonds. The third kappa shape index (κ3) is 6.65. The highest BCUT2D eigenvalue weighted by molar-refractivity contribution is 6.30. The largest absolute Gasteiger partial charge is 0.465 e. The lowest BCUT2D eigenvalue weighted by Gasteiger charge is -2.17. The quantitative estimate of drug-likeness (QED) is 0.338. The molecular formula is C25H26Cl2N2O4. The highest BCUT2D eigenvalue weighted by atomic mass is 35.5. The van der Waals surface area contributed by atoms with Gasteiger partial charge >= 0.3 is 5.97 Å². The molecule has 8 heteroatoms. The van der Waals surface area contributed by atoms with Crippen LogP contribution in [0.1, 0.15) is 56.0 Å². The summed E-state index contributed by atoms with van der Waals surface area (Å²) in [6.45, 7) is 5.33. The van der Waals surface area contributed by atoms with Gasteiger partial charge in [0.15, 0.2) is 5.82 Å². The summed E-state index contributed by atoms with van der Waals surface area (Å²) in [6, 6.07) is 14.6. The number of aromatic nitrogens is 2. The van der Waals surface area contributed by atoms with Crippen LogP contribution in [0.15, 0.2) is 53.1 Å². The van der Waals surface area contributed by atoms with Crippen molar-refractivity contribution >= 4 is 35.0 Å². The maximum absolute atomic E-state index is 12.9. The van der Waals surface area contributed by atoms with Crippen LogP contribution in [0.5, 0.6) is 0 Å². The first-order valence-corrected chi connectivity index (χ1v) is 11.5. The molecule has 1 atom stereocenters. The van der Waals surface area contributed by atoms with Gasteiger partial charge in [-0.15, -0.1) is 0 Å². The van der Waals surface area contributed by atoms with E-state index in [9.17, 15) is 9.59 Å². The van der Waals surface area contributed by atoms with Crippen LogP contribution in [-0.2, 0) is 32.6 Å². The smallest absolute Gasteiger partial charge is 0.321 e. The van der Waals surface area contributed by atoms with E-state index in [2.05, 4.69) is 10.1 Å². The van der Waals surface area contributed by atoms with Crippen LogP contribution in [0.25, 0.3) is 0 Å². The molecule has 0 saturated heterocycles. The van der Waals surface area contributed by atoms with Gasteiger partial charge in [0.1, 0.15) is 11.2 Å². The second-order valence-electron chi connectivity index (χ2n) is 8.38. The number of nitrogens with zero attached hydrogens (tertiary/aromatic N) is 2. The molecule has 0 N–H and O–H groups in total. The van der Waals surface area contributed by atoms with Gasteiger partial charge in [-0.2, -0.15) is 4.98 Å². The van der Waals surface area contributed by atoms with E-state index in [0.29, 0.717) is 22.3 Å². The Bertz CT molecular complexity index is 1090. The van der Waals surface area contributed by atoms with Crippen molar-refractivity contribution in [2.45, 2.75) is 51.4 Å². The Labute approximate surface area is 203 Å². The summed E-state index contributed by atoms with van der Waals surface area (Å²) in [6.07, 6.45) is 1.000. The van der Waals surface area contributed by atoms with E-state index in [0.717, 1.165) is 11.1 Å². The number of ketones is 1. The van der Waals surface area contributed by atoms with E-state index in [1.54, 1.807) is 45.0 Å². The third-order valence-corrected chi connectivity index (χ3v) is 5.82. The summed E-state index contributed by atoms with van der Waals surface area (Å²) in [7, 11) is 0. The maximum atomic E-state index is 12.9. The lowest BCUT2D eigenvalue weighted by Crippen LogP contribution is -2.31. The SMILES string of the molecule is CCOC(=O)C(C)(C)c1nc([C@@H](CC(=O)Cc2ccc(Cl)cc2)Cc2ccc(Cl)cc2)no1. The van der Waals surface area contributed by atoms with E-state index in [1.807, 2.05) is 24.3 Å². The fourth-order valence-corrected chi connectivity index (χ4v) is 3.64. The summed E-state index contributed by atoms with van der Waals surface area (Å²) in [4.78, 5) is 29.8. The van der Waals surface area contributed by atoms with E-state index in [-0.39, 0.29) is 37.0 Å². The van der Waals surface area contributed by atoms with Crippen molar-refractivity contribution in [2.24, 2.45) is 0 Å². The van der Waals surface area contributed by atoms with Gasteiger partial charge in [-0.3, -0.25) is 9.59 Å². The van der Waals surface area contributed by atoms with E-state index in [1.165, 1.54) is 0 Å². The molecule has 2 aromatic carbocycles. The number of hydrogen-bond acceptors (Lipinski definition) is 6. The van der Waals surface area contributed by atoms with Crippen molar-refractivity contribution in [1.29, 1.82) is 0 Å². The topological polar surface area (TPSA) is 82.3 Å². The minimum atomic E-state index is -1.10. The van der Waals surface area contributed by atoms with Crippen LogP contribution >= 0.6 is 23.2 Å². The average Bonchev–Trinajstić information content (AvgIpc) is 3.28. The number of halogens is 2. The Morgan fingerprint density at radius 2 is 1.58 bits per heavy atom. The molecule has 0 spiro atoms. The van der Waals surface area contributed by atoms with Crippen molar-refractivity contribution in [3.63, 3.8) is 0 Å². The summed E-state index contributed by atoms with van der Waals surface area (Å²) in [5, 5.41) is 5.37. The number of benzene rings is 2. The molecule has 6 nitrogen and oxygen atoms in total. The number of esters is 1. The summed E-state index contributed by atoms with van der Waals surface area (Å²) in [5.74, 6) is -0.217. The minimum Gasteiger partial charge on any atom is -0.465 e. The molecule has 3 aromatic rings. The number of carbonyl (C=O) groups excluding carboxylic acids is 2. The number of carbonyl (C=O) groups is 2. The molecule has 0 bridgehead atoms. The monoisotopic (exact) mass is 488 g/mol. The molecule has 0 radical (unpaired) electrons. The number of ether oxygens (including phenoxy) is 1. The molecule has 1 aromatic heterocycles. The molecule has 0 unspecified atom stereocenters. The first kappa shape index (κ1) is 24.9. The first-order valence-electron chi connectivity index (χ1n) is 10.7. The molecule has 33 heavy (non-hydrogen) atoms. The van der Waals surface area contributed by atoms with Crippen LogP contribution < -0.4 is 0 Å². The molecular weight excluding hydrogens is 463 g/mol. The highest BCUT2D eigenvalue weighted by Gasteiger charge is 2.38. The molecule has 0 aliphatic carbocycles. The normalized spacial score (nSPS) is 12.4. The van der Waals surface area contributed by atoms with Crippen LogP contribution in [0.2, 0.25) is 10.0 Å². The lowest BCUT2D eigenvalue weighted by atomic mass is 9.91. The van der Waals surface area contributed by atoms with Crippen molar-refractivity contribution < 1.29 is 18.8 Å². The van der Waals surface area contributed by atoms with Gasteiger partial charge < -0.3 is 9.26 Å². The van der Waals surface area contributed by atoms with Gasteiger partial charge in [0, 0.05) is 28.8 Å². The zero-order valence-corrected chi connectivity index (χ0v) is 20.3. The summed E-state index contributed by atoms with van der Waals surface area (Å²) < 4.78 is 10.6. The number of hydrogen-bond donors (Lipinski definition) is 0. The second-order valence-corrected chi connectivity index (χ2v) is 9.25. The molecule has 0 fully saturated rings.